The number of hydrogen-bond acceptors (Lipinski definition) is 3. The molecule has 2 heterocycles. The number of amides is 2. The molecule has 1 fully saturated rings. The topological polar surface area (TPSA) is 53.4 Å². The monoisotopic (exact) mass is 341 g/mol. The Morgan fingerprint density at radius 3 is 2.72 bits per heavy atom. The molecule has 1 N–H and O–H groups in total. The third-order valence-corrected chi connectivity index (χ3v) is 4.78. The molecule has 6 heteroatoms. The minimum atomic E-state index is 0.0344. The van der Waals surface area contributed by atoms with Crippen molar-refractivity contribution in [3.05, 3.63) is 53.9 Å². The highest BCUT2D eigenvalue weighted by atomic mass is 16.2. The van der Waals surface area contributed by atoms with E-state index in [9.17, 15) is 4.79 Å². The van der Waals surface area contributed by atoms with Crippen LogP contribution in [0.15, 0.2) is 42.7 Å². The second kappa shape index (κ2) is 8.16. The first-order valence-electron chi connectivity index (χ1n) is 8.86. The van der Waals surface area contributed by atoms with Crippen molar-refractivity contribution in [2.24, 2.45) is 0 Å². The van der Waals surface area contributed by atoms with Crippen LogP contribution in [0.4, 0.5) is 4.79 Å². The second-order valence-electron chi connectivity index (χ2n) is 6.88. The largest absolute Gasteiger partial charge is 0.334 e. The third-order valence-electron chi connectivity index (χ3n) is 4.78. The van der Waals surface area contributed by atoms with Gasteiger partial charge in [0.2, 0.25) is 0 Å². The van der Waals surface area contributed by atoms with Gasteiger partial charge >= 0.3 is 6.03 Å². The number of benzene rings is 1. The number of piperidine rings is 1. The molecule has 1 aromatic carbocycles. The van der Waals surface area contributed by atoms with Crippen molar-refractivity contribution in [2.45, 2.75) is 32.0 Å². The minimum absolute atomic E-state index is 0.0344. The zero-order valence-corrected chi connectivity index (χ0v) is 15.1. The smallest absolute Gasteiger partial charge is 0.317 e. The van der Waals surface area contributed by atoms with Crippen LogP contribution < -0.4 is 5.32 Å². The lowest BCUT2D eigenvalue weighted by atomic mass is 10.1. The van der Waals surface area contributed by atoms with Crippen LogP contribution in [0.25, 0.3) is 0 Å². The highest BCUT2D eigenvalue weighted by Crippen LogP contribution is 2.14. The van der Waals surface area contributed by atoms with Gasteiger partial charge in [0.1, 0.15) is 0 Å². The van der Waals surface area contributed by atoms with Gasteiger partial charge in [-0.15, -0.1) is 0 Å². The zero-order valence-electron chi connectivity index (χ0n) is 15.1. The number of aromatic nitrogens is 2. The summed E-state index contributed by atoms with van der Waals surface area (Å²) >= 11 is 0. The lowest BCUT2D eigenvalue weighted by Gasteiger charge is -2.36. The van der Waals surface area contributed by atoms with Crippen LogP contribution in [0.1, 0.15) is 24.0 Å². The Morgan fingerprint density at radius 1 is 1.28 bits per heavy atom. The molecule has 0 aliphatic carbocycles. The number of carbonyl (C=O) groups is 1. The molecule has 2 amide bonds. The summed E-state index contributed by atoms with van der Waals surface area (Å²) in [5.74, 6) is 0. The van der Waals surface area contributed by atoms with Crippen LogP contribution in [0, 0.1) is 0 Å². The first kappa shape index (κ1) is 17.5. The van der Waals surface area contributed by atoms with E-state index in [0.717, 1.165) is 38.0 Å². The Morgan fingerprint density at radius 2 is 2.04 bits per heavy atom. The van der Waals surface area contributed by atoms with E-state index in [-0.39, 0.29) is 6.03 Å². The van der Waals surface area contributed by atoms with Gasteiger partial charge < -0.3 is 15.1 Å². The van der Waals surface area contributed by atoms with Gasteiger partial charge in [0, 0.05) is 38.1 Å². The Hall–Kier alpha value is -2.34. The number of hydrogen-bond donors (Lipinski definition) is 1. The predicted molar refractivity (Wildman–Crippen MR) is 98.3 cm³/mol. The van der Waals surface area contributed by atoms with Crippen molar-refractivity contribution < 1.29 is 4.79 Å². The first-order valence-corrected chi connectivity index (χ1v) is 8.86. The molecule has 0 bridgehead atoms. The summed E-state index contributed by atoms with van der Waals surface area (Å²) in [6.45, 7) is 2.98. The van der Waals surface area contributed by atoms with E-state index in [0.29, 0.717) is 12.6 Å². The summed E-state index contributed by atoms with van der Waals surface area (Å²) in [4.78, 5) is 16.5. The maximum Gasteiger partial charge on any atom is 0.317 e. The number of likely N-dealkylation sites (N-methyl/N-ethyl adjacent to an activating group) is 1. The van der Waals surface area contributed by atoms with E-state index in [1.54, 1.807) is 6.20 Å². The van der Waals surface area contributed by atoms with Crippen molar-refractivity contribution in [2.75, 3.05) is 27.2 Å². The molecular weight excluding hydrogens is 314 g/mol. The van der Waals surface area contributed by atoms with Gasteiger partial charge in [0.15, 0.2) is 0 Å². The Labute approximate surface area is 149 Å². The molecule has 25 heavy (non-hydrogen) atoms. The summed E-state index contributed by atoms with van der Waals surface area (Å²) < 4.78 is 1.90. The second-order valence-corrected chi connectivity index (χ2v) is 6.88. The van der Waals surface area contributed by atoms with E-state index in [1.807, 2.05) is 21.8 Å². The molecule has 134 valence electrons. The maximum atomic E-state index is 12.4. The maximum absolute atomic E-state index is 12.4. The minimum Gasteiger partial charge on any atom is -0.334 e. The Bertz CT molecular complexity index is 666. The average Bonchev–Trinajstić information content (AvgIpc) is 3.14. The van der Waals surface area contributed by atoms with E-state index in [2.05, 4.69) is 53.7 Å². The molecule has 0 saturated carbocycles. The van der Waals surface area contributed by atoms with Gasteiger partial charge in [-0.2, -0.15) is 5.10 Å². The van der Waals surface area contributed by atoms with Crippen LogP contribution in [0.3, 0.4) is 0 Å². The predicted octanol–water partition coefficient (Wildman–Crippen LogP) is 2.17. The fraction of sp³-hybridized carbons (Fsp3) is 0.474. The zero-order chi connectivity index (χ0) is 17.6. The molecule has 2 aromatic rings. The summed E-state index contributed by atoms with van der Waals surface area (Å²) in [6.07, 6.45) is 5.96. The van der Waals surface area contributed by atoms with Crippen LogP contribution in [0.5, 0.6) is 0 Å². The molecular formula is C19H27N5O. The van der Waals surface area contributed by atoms with Gasteiger partial charge in [-0.1, -0.05) is 24.3 Å². The number of urea groups is 1. The van der Waals surface area contributed by atoms with Gasteiger partial charge in [0.25, 0.3) is 0 Å². The van der Waals surface area contributed by atoms with Crippen molar-refractivity contribution in [3.63, 3.8) is 0 Å². The van der Waals surface area contributed by atoms with Gasteiger partial charge in [-0.05, 0) is 44.1 Å². The highest BCUT2D eigenvalue weighted by molar-refractivity contribution is 5.74. The van der Waals surface area contributed by atoms with Crippen molar-refractivity contribution >= 4 is 6.03 Å². The summed E-state index contributed by atoms with van der Waals surface area (Å²) in [5, 5.41) is 7.26. The SMILES string of the molecule is CN(C)[C@H]1CCCN(C(=O)NCc2ccc(Cn3cccn3)cc2)C1. The number of likely N-dealkylation sites (tertiary alicyclic amines) is 1. The number of nitrogens with one attached hydrogen (secondary N) is 1. The van der Waals surface area contributed by atoms with Gasteiger partial charge in [-0.3, -0.25) is 4.68 Å². The quantitative estimate of drug-likeness (QED) is 0.907. The number of carbonyl (C=O) groups excluding carboxylic acids is 1. The summed E-state index contributed by atoms with van der Waals surface area (Å²) in [7, 11) is 4.16. The van der Waals surface area contributed by atoms with E-state index in [4.69, 9.17) is 0 Å². The standard InChI is InChI=1S/C19H27N5O/c1-22(2)18-5-3-11-23(15-18)19(25)20-13-16-6-8-17(9-7-16)14-24-12-4-10-21-24/h4,6-10,12,18H,3,5,11,13-15H2,1-2H3,(H,20,25)/t18-/m0/s1. The van der Waals surface area contributed by atoms with Crippen molar-refractivity contribution in [3.8, 4) is 0 Å². The highest BCUT2D eigenvalue weighted by Gasteiger charge is 2.24. The normalized spacial score (nSPS) is 17.7. The van der Waals surface area contributed by atoms with Crippen LogP contribution >= 0.6 is 0 Å². The molecule has 0 spiro atoms. The molecule has 6 nitrogen and oxygen atoms in total. The third kappa shape index (κ3) is 4.82. The van der Waals surface area contributed by atoms with Crippen molar-refractivity contribution in [1.29, 1.82) is 0 Å². The average molecular weight is 341 g/mol. The molecule has 3 rings (SSSR count). The van der Waals surface area contributed by atoms with Gasteiger partial charge in [-0.25, -0.2) is 4.79 Å². The fourth-order valence-electron chi connectivity index (χ4n) is 3.19. The fourth-order valence-corrected chi connectivity index (χ4v) is 3.19. The molecule has 0 radical (unpaired) electrons. The molecule has 1 aromatic heterocycles. The molecule has 1 aliphatic rings. The molecule has 0 unspecified atom stereocenters. The lowest BCUT2D eigenvalue weighted by Crippen LogP contribution is -2.50. The summed E-state index contributed by atoms with van der Waals surface area (Å²) in [5.41, 5.74) is 2.31. The van der Waals surface area contributed by atoms with E-state index in [1.165, 1.54) is 5.56 Å². The number of nitrogens with zero attached hydrogens (tertiary/aromatic N) is 4. The van der Waals surface area contributed by atoms with Crippen molar-refractivity contribution in [1.82, 2.24) is 24.9 Å². The lowest BCUT2D eigenvalue weighted by molar-refractivity contribution is 0.140. The first-order chi connectivity index (χ1) is 12.1. The van der Waals surface area contributed by atoms with Crippen LogP contribution in [-0.4, -0.2) is 58.8 Å². The molecule has 1 aliphatic heterocycles. The van der Waals surface area contributed by atoms with Crippen LogP contribution in [0.2, 0.25) is 0 Å². The van der Waals surface area contributed by atoms with Gasteiger partial charge in [0.05, 0.1) is 6.54 Å². The Balaban J connectivity index is 1.48. The Kier molecular flexibility index (Phi) is 5.71. The van der Waals surface area contributed by atoms with Crippen LogP contribution in [-0.2, 0) is 13.1 Å². The van der Waals surface area contributed by atoms with E-state index < -0.39 is 0 Å². The molecule has 1 saturated heterocycles. The summed E-state index contributed by atoms with van der Waals surface area (Å²) in [6, 6.07) is 10.7. The molecule has 1 atom stereocenters. The number of rotatable bonds is 5. The van der Waals surface area contributed by atoms with E-state index >= 15 is 0 Å².